The first-order valence-corrected chi connectivity index (χ1v) is 1.70. The van der Waals surface area contributed by atoms with Crippen LogP contribution in [0, 0.1) is 0 Å². The molecule has 4 heteroatoms. The second-order valence-corrected chi connectivity index (χ2v) is 0.843. The quantitative estimate of drug-likeness (QED) is 0.590. The maximum absolute atomic E-state index is 9.83. The van der Waals surface area contributed by atoms with Crippen LogP contribution in [-0.4, -0.2) is 74.9 Å². The van der Waals surface area contributed by atoms with Gasteiger partial charge in [0.25, 0.3) is 0 Å². The van der Waals surface area contributed by atoms with E-state index in [-0.39, 0.29) is 74.9 Å². The molecule has 7 heavy (non-hydrogen) atoms. The first-order chi connectivity index (χ1) is 2.81. The topological polar surface area (TPSA) is 52.3 Å². The van der Waals surface area contributed by atoms with E-state index in [4.69, 9.17) is 0 Å². The van der Waals surface area contributed by atoms with E-state index >= 15 is 0 Å². The van der Waals surface area contributed by atoms with Crippen molar-refractivity contribution in [1.29, 1.82) is 0 Å². The van der Waals surface area contributed by atoms with E-state index < -0.39 is 0 Å². The molecule has 0 aromatic carbocycles. The van der Waals surface area contributed by atoms with Gasteiger partial charge in [-0.1, -0.05) is 6.92 Å². The van der Waals surface area contributed by atoms with E-state index in [1.54, 1.807) is 6.92 Å². The summed E-state index contributed by atoms with van der Waals surface area (Å²) in [6.07, 6.45) is 0.344. The van der Waals surface area contributed by atoms with E-state index in [9.17, 15) is 4.79 Å². The summed E-state index contributed by atoms with van der Waals surface area (Å²) >= 11 is 0. The summed E-state index contributed by atoms with van der Waals surface area (Å²) in [4.78, 5) is 13.6. The van der Waals surface area contributed by atoms with Gasteiger partial charge in [0.1, 0.15) is 0 Å². The zero-order valence-electron chi connectivity index (χ0n) is 3.60. The maximum atomic E-state index is 9.83. The van der Waals surface area contributed by atoms with Gasteiger partial charge in [0.2, 0.25) is 0 Å². The number of carbonyl (C=O) groups excluding carboxylic acids is 1. The van der Waals surface area contributed by atoms with Crippen LogP contribution in [0.15, 0.2) is 0 Å². The minimum atomic E-state index is -0.380. The predicted octanol–water partition coefficient (Wildman–Crippen LogP) is -0.835. The van der Waals surface area contributed by atoms with Crippen LogP contribution in [0.1, 0.15) is 13.3 Å². The predicted molar refractivity (Wildman–Crippen MR) is 27.7 cm³/mol. The molecule has 3 nitrogen and oxygen atoms in total. The van der Waals surface area contributed by atoms with E-state index in [0.29, 0.717) is 6.42 Å². The molecule has 0 heterocycles. The summed E-state index contributed by atoms with van der Waals surface area (Å²) in [5.41, 5.74) is 0. The molecular weight excluding hydrogens is 215 g/mol. The molecule has 0 saturated carbocycles. The molecule has 0 rings (SSSR count). The molecule has 0 aliphatic rings. The van der Waals surface area contributed by atoms with Crippen molar-refractivity contribution in [2.75, 3.05) is 0 Å². The van der Waals surface area contributed by atoms with Gasteiger partial charge in [0.05, 0.1) is 0 Å². The molecule has 0 unspecified atom stereocenters. The van der Waals surface area contributed by atoms with Crippen molar-refractivity contribution in [3.05, 3.63) is 0 Å². The summed E-state index contributed by atoms with van der Waals surface area (Å²) < 4.78 is 0. The molecule has 0 radical (unpaired) electrons. The fourth-order valence-electron chi connectivity index (χ4n) is 0.0833. The normalized spacial score (nSPS) is 6.57. The Kier molecular flexibility index (Phi) is 12.1. The molecule has 0 aromatic rings. The fourth-order valence-corrected chi connectivity index (χ4v) is 0.0833. The Labute approximate surface area is 101 Å². The number of hydrogen-bond donors (Lipinski definition) is 1. The summed E-state index contributed by atoms with van der Waals surface area (Å²) in [5, 5.41) is 0. The third-order valence-electron chi connectivity index (χ3n) is 0.420. The Balaban J connectivity index is 0. The second kappa shape index (κ2) is 7.48. The van der Waals surface area contributed by atoms with Crippen molar-refractivity contribution in [3.8, 4) is 0 Å². The third kappa shape index (κ3) is 7.48. The molecule has 0 bridgehead atoms. The Hall–Kier alpha value is 1.48. The Bertz CT molecular complexity index is 50.9. The molecule has 0 aromatic heterocycles. The number of rotatable bonds is 1. The molecule has 0 amide bonds. The van der Waals surface area contributed by atoms with Gasteiger partial charge in [-0.2, -0.15) is 5.90 Å². The van der Waals surface area contributed by atoms with Gasteiger partial charge in [-0.25, -0.2) is 0 Å². The standard InChI is InChI=1S/C3H7NO2.Cs.H/c1-2-3(5)6-4;;/h2,4H2,1H3;;. The molecule has 0 atom stereocenters. The van der Waals surface area contributed by atoms with E-state index in [2.05, 4.69) is 10.7 Å². The van der Waals surface area contributed by atoms with Crippen LogP contribution in [0.5, 0.6) is 0 Å². The van der Waals surface area contributed by atoms with Gasteiger partial charge in [-0.05, 0) is 0 Å². The van der Waals surface area contributed by atoms with Crippen LogP contribution in [0.3, 0.4) is 0 Å². The first kappa shape index (κ1) is 11.3. The van der Waals surface area contributed by atoms with Gasteiger partial charge in [0, 0.05) is 6.42 Å². The van der Waals surface area contributed by atoms with Gasteiger partial charge in [-0.15, -0.1) is 0 Å². The molecule has 38 valence electrons. The van der Waals surface area contributed by atoms with Crippen LogP contribution < -0.4 is 5.90 Å². The van der Waals surface area contributed by atoms with E-state index in [1.165, 1.54) is 0 Å². The number of nitrogens with two attached hydrogens (primary N) is 1. The monoisotopic (exact) mass is 223 g/mol. The van der Waals surface area contributed by atoms with Gasteiger partial charge < -0.3 is 4.84 Å². The van der Waals surface area contributed by atoms with Crippen LogP contribution in [-0.2, 0) is 9.63 Å². The van der Waals surface area contributed by atoms with Crippen molar-refractivity contribution in [1.82, 2.24) is 0 Å². The van der Waals surface area contributed by atoms with Crippen molar-refractivity contribution in [3.63, 3.8) is 0 Å². The molecule has 0 aliphatic heterocycles. The Morgan fingerprint density at radius 3 is 2.29 bits per heavy atom. The fraction of sp³-hybridized carbons (Fsp3) is 0.667. The van der Waals surface area contributed by atoms with Crippen molar-refractivity contribution < 1.29 is 9.63 Å². The van der Waals surface area contributed by atoms with Crippen LogP contribution in [0.25, 0.3) is 0 Å². The average molecular weight is 223 g/mol. The van der Waals surface area contributed by atoms with Crippen molar-refractivity contribution >= 4 is 74.9 Å². The molecule has 2 N–H and O–H groups in total. The third-order valence-corrected chi connectivity index (χ3v) is 0.420. The SMILES string of the molecule is CCC(=O)ON.[CsH]. The van der Waals surface area contributed by atoms with Crippen LogP contribution in [0.4, 0.5) is 0 Å². The molecule has 0 spiro atoms. The Morgan fingerprint density at radius 2 is 2.29 bits per heavy atom. The Morgan fingerprint density at radius 1 is 1.86 bits per heavy atom. The average Bonchev–Trinajstić information content (AvgIpc) is 1.65. The molecule has 0 aliphatic carbocycles. The molecular formula is C3H8CsNO2. The minimum absolute atomic E-state index is 0. The summed E-state index contributed by atoms with van der Waals surface area (Å²) in [7, 11) is 0. The summed E-state index contributed by atoms with van der Waals surface area (Å²) in [6, 6.07) is 0. The number of carbonyl (C=O) groups is 1. The van der Waals surface area contributed by atoms with Crippen molar-refractivity contribution in [2.45, 2.75) is 13.3 Å². The molecule has 0 saturated heterocycles. The summed E-state index contributed by atoms with van der Waals surface area (Å²) in [6.45, 7) is 1.68. The van der Waals surface area contributed by atoms with Crippen LogP contribution in [0.2, 0.25) is 0 Å². The van der Waals surface area contributed by atoms with Gasteiger partial charge >= 0.3 is 74.9 Å². The zero-order chi connectivity index (χ0) is 4.99. The zero-order valence-corrected chi connectivity index (χ0v) is 3.60. The van der Waals surface area contributed by atoms with Gasteiger partial charge in [-0.3, -0.25) is 4.79 Å². The van der Waals surface area contributed by atoms with Crippen LogP contribution >= 0.6 is 0 Å². The first-order valence-electron chi connectivity index (χ1n) is 1.70. The van der Waals surface area contributed by atoms with E-state index in [0.717, 1.165) is 0 Å². The number of hydrogen-bond acceptors (Lipinski definition) is 3. The molecule has 0 fully saturated rings. The van der Waals surface area contributed by atoms with E-state index in [1.807, 2.05) is 0 Å². The van der Waals surface area contributed by atoms with Crippen molar-refractivity contribution in [2.24, 2.45) is 5.90 Å². The second-order valence-electron chi connectivity index (χ2n) is 0.843. The summed E-state index contributed by atoms with van der Waals surface area (Å²) in [5.74, 6) is 4.05. The van der Waals surface area contributed by atoms with Gasteiger partial charge in [0.15, 0.2) is 0 Å².